The second kappa shape index (κ2) is 3.42. The highest BCUT2D eigenvalue weighted by atomic mass is 15.0. The highest BCUT2D eigenvalue weighted by Gasteiger charge is 2.09. The van der Waals surface area contributed by atoms with Crippen molar-refractivity contribution in [2.24, 2.45) is 5.73 Å². The average molecular weight is 189 g/mol. The number of aryl methyl sites for hydroxylation is 2. The molecule has 0 saturated heterocycles. The molecule has 14 heavy (non-hydrogen) atoms. The van der Waals surface area contributed by atoms with E-state index in [0.717, 1.165) is 23.5 Å². The highest BCUT2D eigenvalue weighted by molar-refractivity contribution is 5.50. The summed E-state index contributed by atoms with van der Waals surface area (Å²) >= 11 is 0. The van der Waals surface area contributed by atoms with Gasteiger partial charge in [-0.05, 0) is 25.0 Å². The summed E-state index contributed by atoms with van der Waals surface area (Å²) < 4.78 is 2.09. The largest absolute Gasteiger partial charge is 0.325 e. The maximum Gasteiger partial charge on any atom is 0.140 e. The van der Waals surface area contributed by atoms with Crippen molar-refractivity contribution in [2.75, 3.05) is 0 Å². The molecule has 74 valence electrons. The van der Waals surface area contributed by atoms with Crippen molar-refractivity contribution in [2.45, 2.75) is 26.8 Å². The van der Waals surface area contributed by atoms with Gasteiger partial charge in [-0.2, -0.15) is 0 Å². The Morgan fingerprint density at radius 3 is 2.93 bits per heavy atom. The number of imidazole rings is 1. The van der Waals surface area contributed by atoms with Gasteiger partial charge in [0.05, 0.1) is 11.4 Å². The number of hydrogen-bond acceptors (Lipinski definition) is 2. The van der Waals surface area contributed by atoms with E-state index in [1.807, 2.05) is 12.3 Å². The van der Waals surface area contributed by atoms with E-state index < -0.39 is 0 Å². The molecule has 0 spiro atoms. The van der Waals surface area contributed by atoms with Crippen LogP contribution >= 0.6 is 0 Å². The topological polar surface area (TPSA) is 43.3 Å². The molecule has 0 saturated carbocycles. The number of aromatic nitrogens is 2. The minimum absolute atomic E-state index is 0.549. The summed E-state index contributed by atoms with van der Waals surface area (Å²) in [4.78, 5) is 4.58. The predicted molar refractivity (Wildman–Crippen MR) is 57.2 cm³/mol. The molecule has 0 bridgehead atoms. The zero-order valence-electron chi connectivity index (χ0n) is 8.62. The molecule has 0 radical (unpaired) electrons. The van der Waals surface area contributed by atoms with E-state index in [-0.39, 0.29) is 0 Å². The van der Waals surface area contributed by atoms with Crippen LogP contribution in [0.1, 0.15) is 23.9 Å². The van der Waals surface area contributed by atoms with Crippen molar-refractivity contribution in [3.05, 3.63) is 35.3 Å². The van der Waals surface area contributed by atoms with E-state index in [1.165, 1.54) is 5.56 Å². The van der Waals surface area contributed by atoms with Gasteiger partial charge in [0.15, 0.2) is 0 Å². The van der Waals surface area contributed by atoms with Crippen molar-refractivity contribution in [1.82, 2.24) is 9.38 Å². The van der Waals surface area contributed by atoms with Gasteiger partial charge in [0.2, 0.25) is 0 Å². The normalized spacial score (nSPS) is 11.1. The Morgan fingerprint density at radius 2 is 2.29 bits per heavy atom. The third kappa shape index (κ3) is 1.21. The summed E-state index contributed by atoms with van der Waals surface area (Å²) in [6.45, 7) is 4.73. The Hall–Kier alpha value is -1.35. The zero-order chi connectivity index (χ0) is 10.1. The lowest BCUT2D eigenvalue weighted by molar-refractivity contribution is 0.915. The molecule has 2 heterocycles. The molecule has 0 aliphatic rings. The van der Waals surface area contributed by atoms with Crippen molar-refractivity contribution >= 4 is 5.65 Å². The lowest BCUT2D eigenvalue weighted by Crippen LogP contribution is -2.03. The molecule has 3 heteroatoms. The summed E-state index contributed by atoms with van der Waals surface area (Å²) in [7, 11) is 0. The maximum atomic E-state index is 5.73. The van der Waals surface area contributed by atoms with Gasteiger partial charge in [-0.3, -0.25) is 0 Å². The Bertz CT molecular complexity index is 457. The first kappa shape index (κ1) is 9.21. The van der Waals surface area contributed by atoms with Crippen molar-refractivity contribution in [1.29, 1.82) is 0 Å². The number of rotatable bonds is 2. The van der Waals surface area contributed by atoms with Crippen LogP contribution in [0, 0.1) is 6.92 Å². The lowest BCUT2D eigenvalue weighted by atomic mass is 10.2. The van der Waals surface area contributed by atoms with Gasteiger partial charge in [-0.25, -0.2) is 4.98 Å². The monoisotopic (exact) mass is 189 g/mol. The number of hydrogen-bond donors (Lipinski definition) is 1. The van der Waals surface area contributed by atoms with Crippen LogP contribution in [0.25, 0.3) is 5.65 Å². The standard InChI is InChI=1S/C11H15N3/c1-3-9-10(7-12)14-6-4-5-8(2)11(14)13-9/h4-6H,3,7,12H2,1-2H3. The molecular formula is C11H15N3. The van der Waals surface area contributed by atoms with Gasteiger partial charge in [-0.15, -0.1) is 0 Å². The fourth-order valence-electron chi connectivity index (χ4n) is 1.80. The summed E-state index contributed by atoms with van der Waals surface area (Å²) in [6, 6.07) is 4.10. The van der Waals surface area contributed by atoms with Gasteiger partial charge in [0, 0.05) is 12.7 Å². The van der Waals surface area contributed by atoms with Crippen LogP contribution in [0.15, 0.2) is 18.3 Å². The molecule has 2 N–H and O–H groups in total. The molecule has 0 aromatic carbocycles. The second-order valence-electron chi connectivity index (χ2n) is 3.45. The summed E-state index contributed by atoms with van der Waals surface area (Å²) in [5, 5.41) is 0. The minimum Gasteiger partial charge on any atom is -0.325 e. The summed E-state index contributed by atoms with van der Waals surface area (Å²) in [5.41, 5.74) is 10.2. The Morgan fingerprint density at radius 1 is 1.50 bits per heavy atom. The average Bonchev–Trinajstić information content (AvgIpc) is 2.57. The van der Waals surface area contributed by atoms with Gasteiger partial charge in [0.1, 0.15) is 5.65 Å². The van der Waals surface area contributed by atoms with Crippen molar-refractivity contribution in [3.8, 4) is 0 Å². The molecule has 3 nitrogen and oxygen atoms in total. The number of nitrogens with two attached hydrogens (primary N) is 1. The Balaban J connectivity index is 2.79. The molecule has 0 fully saturated rings. The van der Waals surface area contributed by atoms with Crippen LogP contribution in [0.4, 0.5) is 0 Å². The van der Waals surface area contributed by atoms with Gasteiger partial charge in [0.25, 0.3) is 0 Å². The van der Waals surface area contributed by atoms with E-state index in [0.29, 0.717) is 6.54 Å². The fourth-order valence-corrected chi connectivity index (χ4v) is 1.80. The van der Waals surface area contributed by atoms with Crippen molar-refractivity contribution in [3.63, 3.8) is 0 Å². The second-order valence-corrected chi connectivity index (χ2v) is 3.45. The molecule has 2 rings (SSSR count). The number of pyridine rings is 1. The highest BCUT2D eigenvalue weighted by Crippen LogP contribution is 2.15. The van der Waals surface area contributed by atoms with Crippen molar-refractivity contribution < 1.29 is 0 Å². The molecule has 0 aliphatic carbocycles. The minimum atomic E-state index is 0.549. The summed E-state index contributed by atoms with van der Waals surface area (Å²) in [6.07, 6.45) is 2.96. The van der Waals surface area contributed by atoms with Crippen LogP contribution in [0.5, 0.6) is 0 Å². The SMILES string of the molecule is CCc1nc2c(C)cccn2c1CN. The lowest BCUT2D eigenvalue weighted by Gasteiger charge is -2.00. The number of nitrogens with zero attached hydrogens (tertiary/aromatic N) is 2. The van der Waals surface area contributed by atoms with E-state index in [4.69, 9.17) is 5.73 Å². The Kier molecular flexibility index (Phi) is 2.25. The molecule has 2 aromatic heterocycles. The Labute approximate surface area is 83.6 Å². The fraction of sp³-hybridized carbons (Fsp3) is 0.364. The molecule has 0 atom stereocenters. The van der Waals surface area contributed by atoms with Crippen LogP contribution in [-0.2, 0) is 13.0 Å². The maximum absolute atomic E-state index is 5.73. The molecular weight excluding hydrogens is 174 g/mol. The summed E-state index contributed by atoms with van der Waals surface area (Å²) in [5.74, 6) is 0. The third-order valence-electron chi connectivity index (χ3n) is 2.56. The van der Waals surface area contributed by atoms with Crippen LogP contribution < -0.4 is 5.73 Å². The van der Waals surface area contributed by atoms with Gasteiger partial charge in [-0.1, -0.05) is 13.0 Å². The van der Waals surface area contributed by atoms with Crippen LogP contribution in [-0.4, -0.2) is 9.38 Å². The van der Waals surface area contributed by atoms with E-state index in [2.05, 4.69) is 29.3 Å². The molecule has 0 aliphatic heterocycles. The smallest absolute Gasteiger partial charge is 0.140 e. The molecule has 0 unspecified atom stereocenters. The molecule has 2 aromatic rings. The first-order valence-electron chi connectivity index (χ1n) is 4.93. The zero-order valence-corrected chi connectivity index (χ0v) is 8.62. The van der Waals surface area contributed by atoms with Crippen LogP contribution in [0.2, 0.25) is 0 Å². The first-order valence-corrected chi connectivity index (χ1v) is 4.93. The third-order valence-corrected chi connectivity index (χ3v) is 2.56. The number of fused-ring (bicyclic) bond motifs is 1. The van der Waals surface area contributed by atoms with E-state index >= 15 is 0 Å². The molecule has 0 amide bonds. The van der Waals surface area contributed by atoms with E-state index in [1.54, 1.807) is 0 Å². The van der Waals surface area contributed by atoms with Gasteiger partial charge < -0.3 is 10.1 Å². The quantitative estimate of drug-likeness (QED) is 0.780. The van der Waals surface area contributed by atoms with Gasteiger partial charge >= 0.3 is 0 Å². The van der Waals surface area contributed by atoms with E-state index in [9.17, 15) is 0 Å². The predicted octanol–water partition coefficient (Wildman–Crippen LogP) is 1.66. The first-order chi connectivity index (χ1) is 6.77. The van der Waals surface area contributed by atoms with Crippen LogP contribution in [0.3, 0.4) is 0 Å².